The van der Waals surface area contributed by atoms with Gasteiger partial charge >= 0.3 is 0 Å². The zero-order chi connectivity index (χ0) is 14.7. The summed E-state index contributed by atoms with van der Waals surface area (Å²) in [5.41, 5.74) is 1.67. The topological polar surface area (TPSA) is 70.4 Å². The molecular weight excluding hydrogens is 298 g/mol. The van der Waals surface area contributed by atoms with E-state index in [0.717, 1.165) is 9.75 Å². The van der Waals surface area contributed by atoms with Crippen LogP contribution in [0, 0.1) is 6.92 Å². The molecule has 2 N–H and O–H groups in total. The van der Waals surface area contributed by atoms with Crippen molar-refractivity contribution in [2.24, 2.45) is 0 Å². The molecule has 0 unspecified atom stereocenters. The SMILES string of the molecule is Cc1sc(CO)cc1C(=O)c1cc(Cl)ncc1CCO. The van der Waals surface area contributed by atoms with Crippen LogP contribution in [-0.4, -0.2) is 27.6 Å². The highest BCUT2D eigenvalue weighted by atomic mass is 35.5. The summed E-state index contributed by atoms with van der Waals surface area (Å²) < 4.78 is 0. The van der Waals surface area contributed by atoms with E-state index in [9.17, 15) is 4.79 Å². The maximum absolute atomic E-state index is 12.6. The van der Waals surface area contributed by atoms with Crippen LogP contribution in [0.4, 0.5) is 0 Å². The highest BCUT2D eigenvalue weighted by molar-refractivity contribution is 7.12. The molecule has 2 heterocycles. The summed E-state index contributed by atoms with van der Waals surface area (Å²) >= 11 is 7.25. The van der Waals surface area contributed by atoms with Crippen LogP contribution in [0.15, 0.2) is 18.3 Å². The Kier molecular flexibility index (Phi) is 4.88. The van der Waals surface area contributed by atoms with Crippen molar-refractivity contribution in [1.82, 2.24) is 4.98 Å². The number of pyridine rings is 1. The Morgan fingerprint density at radius 2 is 2.10 bits per heavy atom. The number of halogens is 1. The first-order valence-electron chi connectivity index (χ1n) is 6.07. The van der Waals surface area contributed by atoms with E-state index in [4.69, 9.17) is 21.8 Å². The Labute approximate surface area is 125 Å². The first-order chi connectivity index (χ1) is 9.56. The number of thiophene rings is 1. The van der Waals surface area contributed by atoms with E-state index in [2.05, 4.69) is 4.98 Å². The Morgan fingerprint density at radius 3 is 2.70 bits per heavy atom. The van der Waals surface area contributed by atoms with Crippen molar-refractivity contribution in [2.75, 3.05) is 6.61 Å². The number of ketones is 1. The molecule has 2 rings (SSSR count). The normalized spacial score (nSPS) is 10.8. The number of nitrogens with zero attached hydrogens (tertiary/aromatic N) is 1. The van der Waals surface area contributed by atoms with Crippen LogP contribution < -0.4 is 0 Å². The summed E-state index contributed by atoms with van der Waals surface area (Å²) in [6, 6.07) is 3.21. The van der Waals surface area contributed by atoms with E-state index < -0.39 is 0 Å². The second-order valence-corrected chi connectivity index (χ2v) is 6.04. The number of hydrogen-bond acceptors (Lipinski definition) is 5. The molecule has 4 nitrogen and oxygen atoms in total. The van der Waals surface area contributed by atoms with Gasteiger partial charge in [0.1, 0.15) is 5.15 Å². The van der Waals surface area contributed by atoms with E-state index in [0.29, 0.717) is 23.1 Å². The molecule has 20 heavy (non-hydrogen) atoms. The van der Waals surface area contributed by atoms with Crippen LogP contribution >= 0.6 is 22.9 Å². The summed E-state index contributed by atoms with van der Waals surface area (Å²) in [4.78, 5) is 18.1. The Morgan fingerprint density at radius 1 is 1.35 bits per heavy atom. The number of hydrogen-bond donors (Lipinski definition) is 2. The van der Waals surface area contributed by atoms with E-state index in [1.807, 2.05) is 6.92 Å². The maximum atomic E-state index is 12.6. The average molecular weight is 312 g/mol. The van der Waals surface area contributed by atoms with Crippen LogP contribution in [0.1, 0.15) is 31.2 Å². The van der Waals surface area contributed by atoms with Crippen LogP contribution in [0.2, 0.25) is 5.15 Å². The smallest absolute Gasteiger partial charge is 0.194 e. The summed E-state index contributed by atoms with van der Waals surface area (Å²) in [5.74, 6) is -0.161. The molecule has 0 aliphatic heterocycles. The Hall–Kier alpha value is -1.27. The van der Waals surface area contributed by atoms with Gasteiger partial charge in [-0.2, -0.15) is 0 Å². The predicted octanol–water partition coefficient (Wildman–Crippen LogP) is 2.36. The third kappa shape index (κ3) is 3.07. The van der Waals surface area contributed by atoms with Crippen LogP contribution in [0.5, 0.6) is 0 Å². The summed E-state index contributed by atoms with van der Waals surface area (Å²) in [5, 5.41) is 18.4. The van der Waals surface area contributed by atoms with Crippen molar-refractivity contribution in [3.05, 3.63) is 49.9 Å². The van der Waals surface area contributed by atoms with Gasteiger partial charge in [0, 0.05) is 33.7 Å². The molecule has 2 aromatic rings. The fraction of sp³-hybridized carbons (Fsp3) is 0.286. The molecule has 0 saturated carbocycles. The molecule has 2 aromatic heterocycles. The molecule has 0 fully saturated rings. The second-order valence-electron chi connectivity index (χ2n) is 4.31. The van der Waals surface area contributed by atoms with E-state index in [1.165, 1.54) is 23.6 Å². The van der Waals surface area contributed by atoms with Gasteiger partial charge in [-0.05, 0) is 31.0 Å². The lowest BCUT2D eigenvalue weighted by Gasteiger charge is -2.07. The molecule has 0 radical (unpaired) electrons. The number of carbonyl (C=O) groups excluding carboxylic acids is 1. The minimum Gasteiger partial charge on any atom is -0.396 e. The Bertz CT molecular complexity index is 639. The molecule has 0 spiro atoms. The third-order valence-corrected chi connectivity index (χ3v) is 4.19. The number of rotatable bonds is 5. The summed E-state index contributed by atoms with van der Waals surface area (Å²) in [7, 11) is 0. The fourth-order valence-corrected chi connectivity index (χ4v) is 3.04. The minimum atomic E-state index is -0.161. The van der Waals surface area contributed by atoms with Crippen molar-refractivity contribution in [3.8, 4) is 0 Å². The van der Waals surface area contributed by atoms with Gasteiger partial charge in [0.25, 0.3) is 0 Å². The van der Waals surface area contributed by atoms with Gasteiger partial charge in [-0.3, -0.25) is 4.79 Å². The summed E-state index contributed by atoms with van der Waals surface area (Å²) in [6.45, 7) is 1.69. The van der Waals surface area contributed by atoms with Gasteiger partial charge in [-0.1, -0.05) is 11.6 Å². The Balaban J connectivity index is 2.46. The lowest BCUT2D eigenvalue weighted by molar-refractivity contribution is 0.103. The van der Waals surface area contributed by atoms with Gasteiger partial charge in [0.05, 0.1) is 6.61 Å². The highest BCUT2D eigenvalue weighted by Crippen LogP contribution is 2.26. The lowest BCUT2D eigenvalue weighted by Crippen LogP contribution is -2.08. The van der Waals surface area contributed by atoms with Crippen LogP contribution in [-0.2, 0) is 13.0 Å². The molecule has 0 saturated heterocycles. The molecule has 6 heteroatoms. The van der Waals surface area contributed by atoms with Gasteiger partial charge in [-0.25, -0.2) is 4.98 Å². The average Bonchev–Trinajstić information content (AvgIpc) is 2.81. The summed E-state index contributed by atoms with van der Waals surface area (Å²) in [6.07, 6.45) is 1.86. The lowest BCUT2D eigenvalue weighted by atomic mass is 9.99. The van der Waals surface area contributed by atoms with Crippen LogP contribution in [0.25, 0.3) is 0 Å². The largest absolute Gasteiger partial charge is 0.396 e. The van der Waals surface area contributed by atoms with Gasteiger partial charge in [-0.15, -0.1) is 11.3 Å². The van der Waals surface area contributed by atoms with Gasteiger partial charge in [0.15, 0.2) is 5.78 Å². The zero-order valence-corrected chi connectivity index (χ0v) is 12.5. The fourth-order valence-electron chi connectivity index (χ4n) is 1.98. The second kappa shape index (κ2) is 6.45. The monoisotopic (exact) mass is 311 g/mol. The van der Waals surface area contributed by atoms with Crippen molar-refractivity contribution in [3.63, 3.8) is 0 Å². The predicted molar refractivity (Wildman–Crippen MR) is 78.4 cm³/mol. The van der Waals surface area contributed by atoms with Crippen molar-refractivity contribution < 1.29 is 15.0 Å². The molecule has 106 valence electrons. The molecular formula is C14H14ClNO3S. The third-order valence-electron chi connectivity index (χ3n) is 2.95. The van der Waals surface area contributed by atoms with Crippen molar-refractivity contribution in [2.45, 2.75) is 20.0 Å². The standard InChI is InChI=1S/C14H14ClNO3S/c1-8-11(4-10(7-18)20-8)14(19)12-5-13(15)16-6-9(12)2-3-17/h4-6,17-18H,2-3,7H2,1H3. The number of aromatic nitrogens is 1. The van der Waals surface area contributed by atoms with Crippen LogP contribution in [0.3, 0.4) is 0 Å². The first-order valence-corrected chi connectivity index (χ1v) is 7.26. The number of aliphatic hydroxyl groups is 2. The quantitative estimate of drug-likeness (QED) is 0.657. The number of carbonyl (C=O) groups is 1. The highest BCUT2D eigenvalue weighted by Gasteiger charge is 2.18. The maximum Gasteiger partial charge on any atom is 0.194 e. The molecule has 0 amide bonds. The van der Waals surface area contributed by atoms with E-state index in [-0.39, 0.29) is 24.2 Å². The first kappa shape index (κ1) is 15.1. The van der Waals surface area contributed by atoms with Crippen molar-refractivity contribution >= 4 is 28.7 Å². The van der Waals surface area contributed by atoms with Gasteiger partial charge in [0.2, 0.25) is 0 Å². The number of aryl methyl sites for hydroxylation is 1. The molecule has 0 atom stereocenters. The zero-order valence-electron chi connectivity index (χ0n) is 10.9. The van der Waals surface area contributed by atoms with Gasteiger partial charge < -0.3 is 10.2 Å². The molecule has 0 aliphatic rings. The molecule has 0 aromatic carbocycles. The van der Waals surface area contributed by atoms with E-state index in [1.54, 1.807) is 6.07 Å². The minimum absolute atomic E-state index is 0.0614. The molecule has 0 aliphatic carbocycles. The van der Waals surface area contributed by atoms with Crippen molar-refractivity contribution in [1.29, 1.82) is 0 Å². The number of aliphatic hydroxyl groups excluding tert-OH is 2. The van der Waals surface area contributed by atoms with E-state index >= 15 is 0 Å². The molecule has 0 bridgehead atoms.